The van der Waals surface area contributed by atoms with E-state index in [0.717, 1.165) is 37.3 Å². The SMILES string of the molecule is CC(C)CCC(=O)N1CCC[C@@H](c2nn(C)c(=O)n2-c2ccccc2)C1. The van der Waals surface area contributed by atoms with Crippen LogP contribution in [0.4, 0.5) is 0 Å². The summed E-state index contributed by atoms with van der Waals surface area (Å²) in [5.74, 6) is 1.58. The lowest BCUT2D eigenvalue weighted by Crippen LogP contribution is -2.40. The van der Waals surface area contributed by atoms with Gasteiger partial charge in [-0.05, 0) is 37.3 Å². The first-order chi connectivity index (χ1) is 12.5. The Kier molecular flexibility index (Phi) is 5.59. The van der Waals surface area contributed by atoms with Gasteiger partial charge in [-0.2, -0.15) is 5.10 Å². The predicted molar refractivity (Wildman–Crippen MR) is 101 cm³/mol. The number of piperidine rings is 1. The fourth-order valence-electron chi connectivity index (χ4n) is 3.55. The average Bonchev–Trinajstić information content (AvgIpc) is 2.95. The lowest BCUT2D eigenvalue weighted by molar-refractivity contribution is -0.132. The van der Waals surface area contributed by atoms with E-state index in [0.29, 0.717) is 18.9 Å². The van der Waals surface area contributed by atoms with Crippen molar-refractivity contribution in [3.8, 4) is 5.69 Å². The van der Waals surface area contributed by atoms with Crippen LogP contribution in [0.25, 0.3) is 5.69 Å². The van der Waals surface area contributed by atoms with Crippen molar-refractivity contribution < 1.29 is 4.79 Å². The minimum Gasteiger partial charge on any atom is -0.342 e. The fourth-order valence-corrected chi connectivity index (χ4v) is 3.55. The van der Waals surface area contributed by atoms with Crippen LogP contribution in [-0.4, -0.2) is 38.2 Å². The Labute approximate surface area is 154 Å². The number of aromatic nitrogens is 3. The minimum absolute atomic E-state index is 0.0841. The Morgan fingerprint density at radius 2 is 2.00 bits per heavy atom. The molecule has 1 aromatic heterocycles. The second-order valence-electron chi connectivity index (χ2n) is 7.55. The number of para-hydroxylation sites is 1. The molecule has 0 saturated carbocycles. The molecule has 2 aromatic rings. The van der Waals surface area contributed by atoms with Crippen LogP contribution >= 0.6 is 0 Å². The molecule has 140 valence electrons. The molecule has 0 aliphatic carbocycles. The summed E-state index contributed by atoms with van der Waals surface area (Å²) in [7, 11) is 1.68. The van der Waals surface area contributed by atoms with Crippen LogP contribution in [0.1, 0.15) is 51.3 Å². The minimum atomic E-state index is -0.144. The first-order valence-corrected chi connectivity index (χ1v) is 9.46. The number of aryl methyl sites for hydroxylation is 1. The molecule has 1 saturated heterocycles. The molecule has 1 fully saturated rings. The number of carbonyl (C=O) groups is 1. The van der Waals surface area contributed by atoms with Gasteiger partial charge in [0.1, 0.15) is 5.82 Å². The molecule has 3 rings (SSSR count). The average molecular weight is 356 g/mol. The number of hydrogen-bond donors (Lipinski definition) is 0. The zero-order chi connectivity index (χ0) is 18.7. The Balaban J connectivity index is 1.84. The van der Waals surface area contributed by atoms with Gasteiger partial charge in [-0.1, -0.05) is 32.0 Å². The predicted octanol–water partition coefficient (Wildman–Crippen LogP) is 2.71. The van der Waals surface area contributed by atoms with Crippen molar-refractivity contribution in [2.24, 2.45) is 13.0 Å². The van der Waals surface area contributed by atoms with Crippen molar-refractivity contribution in [2.75, 3.05) is 13.1 Å². The lowest BCUT2D eigenvalue weighted by Gasteiger charge is -2.32. The lowest BCUT2D eigenvalue weighted by atomic mass is 9.96. The number of carbonyl (C=O) groups excluding carboxylic acids is 1. The van der Waals surface area contributed by atoms with Gasteiger partial charge in [0.2, 0.25) is 5.91 Å². The first-order valence-electron chi connectivity index (χ1n) is 9.46. The van der Waals surface area contributed by atoms with Crippen molar-refractivity contribution in [3.05, 3.63) is 46.6 Å². The molecule has 1 aromatic carbocycles. The van der Waals surface area contributed by atoms with Gasteiger partial charge in [-0.3, -0.25) is 4.79 Å². The largest absolute Gasteiger partial charge is 0.350 e. The second kappa shape index (κ2) is 7.89. The Morgan fingerprint density at radius 1 is 1.27 bits per heavy atom. The fraction of sp³-hybridized carbons (Fsp3) is 0.550. The van der Waals surface area contributed by atoms with E-state index in [2.05, 4.69) is 18.9 Å². The molecule has 1 aliphatic rings. The highest BCUT2D eigenvalue weighted by Crippen LogP contribution is 2.27. The summed E-state index contributed by atoms with van der Waals surface area (Å²) >= 11 is 0. The molecule has 6 heteroatoms. The topological polar surface area (TPSA) is 60.1 Å². The molecule has 1 amide bonds. The van der Waals surface area contributed by atoms with E-state index in [1.54, 1.807) is 11.6 Å². The summed E-state index contributed by atoms with van der Waals surface area (Å²) in [5.41, 5.74) is 0.679. The van der Waals surface area contributed by atoms with Gasteiger partial charge in [0.15, 0.2) is 0 Å². The molecule has 6 nitrogen and oxygen atoms in total. The van der Waals surface area contributed by atoms with Gasteiger partial charge in [0.05, 0.1) is 5.69 Å². The standard InChI is InChI=1S/C20H28N4O2/c1-15(2)11-12-18(25)23-13-7-8-16(14-23)19-21-22(3)20(26)24(19)17-9-5-4-6-10-17/h4-6,9-10,15-16H,7-8,11-14H2,1-3H3/t16-/m1/s1. The van der Waals surface area contributed by atoms with Gasteiger partial charge in [0.25, 0.3) is 0 Å². The molecule has 0 N–H and O–H groups in total. The van der Waals surface area contributed by atoms with Crippen LogP contribution in [0.15, 0.2) is 35.1 Å². The van der Waals surface area contributed by atoms with Gasteiger partial charge in [0, 0.05) is 32.5 Å². The van der Waals surface area contributed by atoms with E-state index < -0.39 is 0 Å². The van der Waals surface area contributed by atoms with E-state index in [4.69, 9.17) is 0 Å². The van der Waals surface area contributed by atoms with Gasteiger partial charge < -0.3 is 4.90 Å². The summed E-state index contributed by atoms with van der Waals surface area (Å²) in [6.45, 7) is 5.72. The number of likely N-dealkylation sites (tertiary alicyclic amines) is 1. The summed E-state index contributed by atoms with van der Waals surface area (Å²) in [6, 6.07) is 9.60. The third-order valence-corrected chi connectivity index (χ3v) is 5.04. The van der Waals surface area contributed by atoms with Crippen molar-refractivity contribution in [1.82, 2.24) is 19.2 Å². The molecule has 1 atom stereocenters. The molecule has 0 radical (unpaired) electrons. The maximum absolute atomic E-state index is 12.6. The van der Waals surface area contributed by atoms with E-state index in [-0.39, 0.29) is 17.5 Å². The highest BCUT2D eigenvalue weighted by molar-refractivity contribution is 5.76. The molecular weight excluding hydrogens is 328 g/mol. The summed E-state index contributed by atoms with van der Waals surface area (Å²) < 4.78 is 3.08. The zero-order valence-corrected chi connectivity index (χ0v) is 15.9. The number of nitrogens with zero attached hydrogens (tertiary/aromatic N) is 4. The van der Waals surface area contributed by atoms with Crippen LogP contribution in [0, 0.1) is 5.92 Å². The summed E-state index contributed by atoms with van der Waals surface area (Å²) in [4.78, 5) is 27.1. The number of rotatable bonds is 5. The Morgan fingerprint density at radius 3 is 2.69 bits per heavy atom. The number of amides is 1. The maximum atomic E-state index is 12.6. The van der Waals surface area contributed by atoms with Gasteiger partial charge >= 0.3 is 5.69 Å². The number of hydrogen-bond acceptors (Lipinski definition) is 3. The van der Waals surface area contributed by atoms with Crippen LogP contribution in [0.5, 0.6) is 0 Å². The van der Waals surface area contributed by atoms with Crippen LogP contribution in [0.2, 0.25) is 0 Å². The highest BCUT2D eigenvalue weighted by Gasteiger charge is 2.29. The van der Waals surface area contributed by atoms with Gasteiger partial charge in [-0.25, -0.2) is 14.0 Å². The molecular formula is C20H28N4O2. The third-order valence-electron chi connectivity index (χ3n) is 5.04. The van der Waals surface area contributed by atoms with Crippen LogP contribution in [-0.2, 0) is 11.8 Å². The van der Waals surface area contributed by atoms with Gasteiger partial charge in [-0.15, -0.1) is 0 Å². The van der Waals surface area contributed by atoms with Crippen molar-refractivity contribution >= 4 is 5.91 Å². The second-order valence-corrected chi connectivity index (χ2v) is 7.55. The van der Waals surface area contributed by atoms with Crippen molar-refractivity contribution in [1.29, 1.82) is 0 Å². The molecule has 0 unspecified atom stereocenters. The molecule has 26 heavy (non-hydrogen) atoms. The normalized spacial score (nSPS) is 17.7. The van der Waals surface area contributed by atoms with Crippen molar-refractivity contribution in [3.63, 3.8) is 0 Å². The van der Waals surface area contributed by atoms with Crippen molar-refractivity contribution in [2.45, 2.75) is 45.4 Å². The summed E-state index contributed by atoms with van der Waals surface area (Å²) in [5, 5.41) is 4.51. The van der Waals surface area contributed by atoms with Crippen LogP contribution in [0.3, 0.4) is 0 Å². The van der Waals surface area contributed by atoms with E-state index in [1.807, 2.05) is 35.2 Å². The molecule has 2 heterocycles. The van der Waals surface area contributed by atoms with E-state index >= 15 is 0 Å². The maximum Gasteiger partial charge on any atom is 0.350 e. The monoisotopic (exact) mass is 356 g/mol. The quantitative estimate of drug-likeness (QED) is 0.828. The third kappa shape index (κ3) is 3.89. The molecule has 0 bridgehead atoms. The van der Waals surface area contributed by atoms with Crippen LogP contribution < -0.4 is 5.69 Å². The Bertz CT molecular complexity index is 807. The summed E-state index contributed by atoms with van der Waals surface area (Å²) in [6.07, 6.45) is 3.39. The Hall–Kier alpha value is -2.37. The van der Waals surface area contributed by atoms with E-state index in [1.165, 1.54) is 4.68 Å². The highest BCUT2D eigenvalue weighted by atomic mass is 16.2. The number of benzene rings is 1. The first kappa shape index (κ1) is 18.4. The van der Waals surface area contributed by atoms with E-state index in [9.17, 15) is 9.59 Å². The zero-order valence-electron chi connectivity index (χ0n) is 15.9. The smallest absolute Gasteiger partial charge is 0.342 e. The molecule has 0 spiro atoms. The molecule has 1 aliphatic heterocycles.